The minimum absolute atomic E-state index is 0.0169. The molecule has 1 heterocycles. The van der Waals surface area contributed by atoms with Gasteiger partial charge in [-0.25, -0.2) is 9.18 Å². The summed E-state index contributed by atoms with van der Waals surface area (Å²) in [5.41, 5.74) is 1.08. The van der Waals surface area contributed by atoms with Crippen LogP contribution in [0.2, 0.25) is 0 Å². The normalized spacial score (nSPS) is 15.4. The topological polar surface area (TPSA) is 41.1 Å². The second-order valence-corrected chi connectivity index (χ2v) is 8.08. The molecule has 0 spiro atoms. The van der Waals surface area contributed by atoms with E-state index in [2.05, 4.69) is 26.6 Å². The molecule has 1 aromatic heterocycles. The number of hydrogen-bond acceptors (Lipinski definition) is 2. The zero-order chi connectivity index (χ0) is 15.6. The van der Waals surface area contributed by atoms with Crippen LogP contribution in [0.15, 0.2) is 40.2 Å². The van der Waals surface area contributed by atoms with Gasteiger partial charge >= 0.3 is 6.03 Å². The molecule has 2 amide bonds. The molecular formula is C16H16BrFN2OS. The molecule has 0 radical (unpaired) electrons. The van der Waals surface area contributed by atoms with E-state index < -0.39 is 0 Å². The molecule has 2 N–H and O–H groups in total. The van der Waals surface area contributed by atoms with Gasteiger partial charge in [0, 0.05) is 16.8 Å². The van der Waals surface area contributed by atoms with Gasteiger partial charge in [0.2, 0.25) is 0 Å². The quantitative estimate of drug-likeness (QED) is 0.799. The summed E-state index contributed by atoms with van der Waals surface area (Å²) in [4.78, 5) is 13.0. The Morgan fingerprint density at radius 2 is 1.91 bits per heavy atom. The molecule has 1 aliphatic carbocycles. The standard InChI is InChI=1S/C16H16BrFN2OS/c17-14-6-5-13(22-14)9-19-15(21)20-10-16(7-8-16)11-1-3-12(18)4-2-11/h1-6H,7-10H2,(H2,19,20,21). The van der Waals surface area contributed by atoms with Crippen molar-refractivity contribution in [2.45, 2.75) is 24.8 Å². The van der Waals surface area contributed by atoms with Crippen LogP contribution in [-0.4, -0.2) is 12.6 Å². The largest absolute Gasteiger partial charge is 0.337 e. The van der Waals surface area contributed by atoms with E-state index in [-0.39, 0.29) is 17.3 Å². The summed E-state index contributed by atoms with van der Waals surface area (Å²) in [5.74, 6) is -0.229. The number of carbonyl (C=O) groups excluding carboxylic acids is 1. The fraction of sp³-hybridized carbons (Fsp3) is 0.312. The lowest BCUT2D eigenvalue weighted by Gasteiger charge is -2.17. The zero-order valence-electron chi connectivity index (χ0n) is 11.9. The lowest BCUT2D eigenvalue weighted by Crippen LogP contribution is -2.39. The molecule has 0 saturated heterocycles. The zero-order valence-corrected chi connectivity index (χ0v) is 14.3. The van der Waals surface area contributed by atoms with E-state index >= 15 is 0 Å². The molecule has 0 atom stereocenters. The number of rotatable bonds is 5. The van der Waals surface area contributed by atoms with Crippen LogP contribution in [-0.2, 0) is 12.0 Å². The van der Waals surface area contributed by atoms with Crippen LogP contribution in [0.4, 0.5) is 9.18 Å². The molecule has 6 heteroatoms. The third kappa shape index (κ3) is 3.67. The van der Waals surface area contributed by atoms with Crippen LogP contribution in [0.5, 0.6) is 0 Å². The van der Waals surface area contributed by atoms with Crippen molar-refractivity contribution in [1.29, 1.82) is 0 Å². The molecule has 2 aromatic rings. The van der Waals surface area contributed by atoms with Gasteiger partial charge in [-0.2, -0.15) is 0 Å². The molecule has 22 heavy (non-hydrogen) atoms. The SMILES string of the molecule is O=C(NCc1ccc(Br)s1)NCC1(c2ccc(F)cc2)CC1. The van der Waals surface area contributed by atoms with Crippen molar-refractivity contribution in [3.05, 3.63) is 56.4 Å². The number of halogens is 2. The molecule has 1 fully saturated rings. The number of nitrogens with one attached hydrogen (secondary N) is 2. The average molecular weight is 383 g/mol. The predicted octanol–water partition coefficient (Wildman–Crippen LogP) is 4.18. The Labute approximate surface area is 141 Å². The van der Waals surface area contributed by atoms with Gasteiger partial charge in [-0.1, -0.05) is 12.1 Å². The fourth-order valence-electron chi connectivity index (χ4n) is 2.45. The minimum atomic E-state index is -0.229. The van der Waals surface area contributed by atoms with Gasteiger partial charge in [-0.3, -0.25) is 0 Å². The van der Waals surface area contributed by atoms with E-state index in [1.54, 1.807) is 11.3 Å². The minimum Gasteiger partial charge on any atom is -0.337 e. The summed E-state index contributed by atoms with van der Waals surface area (Å²) >= 11 is 5.00. The number of hydrogen-bond donors (Lipinski definition) is 2. The maximum atomic E-state index is 13.0. The molecule has 0 aliphatic heterocycles. The van der Waals surface area contributed by atoms with Crippen molar-refractivity contribution in [3.63, 3.8) is 0 Å². The first-order chi connectivity index (χ1) is 10.6. The van der Waals surface area contributed by atoms with Gasteiger partial charge in [0.05, 0.1) is 10.3 Å². The van der Waals surface area contributed by atoms with Crippen molar-refractivity contribution >= 4 is 33.3 Å². The Morgan fingerprint density at radius 3 is 2.50 bits per heavy atom. The Bertz CT molecular complexity index is 667. The predicted molar refractivity (Wildman–Crippen MR) is 89.6 cm³/mol. The van der Waals surface area contributed by atoms with Gasteiger partial charge in [0.25, 0.3) is 0 Å². The molecule has 1 aliphatic rings. The number of benzene rings is 1. The lowest BCUT2D eigenvalue weighted by atomic mass is 9.96. The molecule has 3 rings (SSSR count). The number of amides is 2. The molecular weight excluding hydrogens is 367 g/mol. The third-order valence-electron chi connectivity index (χ3n) is 3.95. The van der Waals surface area contributed by atoms with Crippen molar-refractivity contribution in [1.82, 2.24) is 10.6 Å². The number of carbonyl (C=O) groups is 1. The first-order valence-corrected chi connectivity index (χ1v) is 8.70. The van der Waals surface area contributed by atoms with Crippen LogP contribution >= 0.6 is 27.3 Å². The van der Waals surface area contributed by atoms with Crippen LogP contribution in [0.1, 0.15) is 23.3 Å². The Hall–Kier alpha value is -1.40. The van der Waals surface area contributed by atoms with Gasteiger partial charge < -0.3 is 10.6 Å². The van der Waals surface area contributed by atoms with E-state index in [0.717, 1.165) is 27.1 Å². The van der Waals surface area contributed by atoms with Crippen LogP contribution in [0.3, 0.4) is 0 Å². The smallest absolute Gasteiger partial charge is 0.315 e. The average Bonchev–Trinajstić information content (AvgIpc) is 3.19. The maximum Gasteiger partial charge on any atom is 0.315 e. The second-order valence-electron chi connectivity index (χ2n) is 5.53. The third-order valence-corrected chi connectivity index (χ3v) is 5.57. The van der Waals surface area contributed by atoms with E-state index in [9.17, 15) is 9.18 Å². The van der Waals surface area contributed by atoms with E-state index in [1.807, 2.05) is 24.3 Å². The van der Waals surface area contributed by atoms with Crippen LogP contribution in [0.25, 0.3) is 0 Å². The van der Waals surface area contributed by atoms with E-state index in [0.29, 0.717) is 13.1 Å². The van der Waals surface area contributed by atoms with E-state index in [4.69, 9.17) is 0 Å². The molecule has 0 unspecified atom stereocenters. The van der Waals surface area contributed by atoms with Gasteiger partial charge in [-0.05, 0) is 58.6 Å². The van der Waals surface area contributed by atoms with Gasteiger partial charge in [0.1, 0.15) is 5.82 Å². The first-order valence-electron chi connectivity index (χ1n) is 7.09. The highest BCUT2D eigenvalue weighted by Crippen LogP contribution is 2.47. The lowest BCUT2D eigenvalue weighted by molar-refractivity contribution is 0.239. The molecule has 116 valence electrons. The summed E-state index contributed by atoms with van der Waals surface area (Å²) in [6.45, 7) is 1.10. The summed E-state index contributed by atoms with van der Waals surface area (Å²) in [6.07, 6.45) is 2.05. The second kappa shape index (κ2) is 6.38. The van der Waals surface area contributed by atoms with Gasteiger partial charge in [-0.15, -0.1) is 11.3 Å². The van der Waals surface area contributed by atoms with Crippen LogP contribution in [0, 0.1) is 5.82 Å². The summed E-state index contributed by atoms with van der Waals surface area (Å²) in [5, 5.41) is 5.78. The molecule has 3 nitrogen and oxygen atoms in total. The van der Waals surface area contributed by atoms with Crippen molar-refractivity contribution < 1.29 is 9.18 Å². The summed E-state index contributed by atoms with van der Waals surface area (Å²) < 4.78 is 14.0. The van der Waals surface area contributed by atoms with Crippen molar-refractivity contribution in [2.75, 3.05) is 6.54 Å². The van der Waals surface area contributed by atoms with Gasteiger partial charge in [0.15, 0.2) is 0 Å². The summed E-state index contributed by atoms with van der Waals surface area (Å²) in [7, 11) is 0. The van der Waals surface area contributed by atoms with Crippen molar-refractivity contribution in [2.24, 2.45) is 0 Å². The number of thiophene rings is 1. The Morgan fingerprint density at radius 1 is 1.18 bits per heavy atom. The highest BCUT2D eigenvalue weighted by atomic mass is 79.9. The Kier molecular flexibility index (Phi) is 4.49. The van der Waals surface area contributed by atoms with Crippen LogP contribution < -0.4 is 10.6 Å². The fourth-order valence-corrected chi connectivity index (χ4v) is 3.87. The monoisotopic (exact) mass is 382 g/mol. The van der Waals surface area contributed by atoms with Crippen molar-refractivity contribution in [3.8, 4) is 0 Å². The summed E-state index contributed by atoms with van der Waals surface area (Å²) in [6, 6.07) is 10.4. The highest BCUT2D eigenvalue weighted by molar-refractivity contribution is 9.11. The highest BCUT2D eigenvalue weighted by Gasteiger charge is 2.44. The first kappa shape index (κ1) is 15.5. The molecule has 1 saturated carbocycles. The molecule has 0 bridgehead atoms. The Balaban J connectivity index is 1.49. The molecule has 1 aromatic carbocycles. The maximum absolute atomic E-state index is 13.0. The number of urea groups is 1. The van der Waals surface area contributed by atoms with E-state index in [1.165, 1.54) is 12.1 Å².